The number of rotatable bonds is 8. The molecule has 10 rings (SSSR count). The van der Waals surface area contributed by atoms with Crippen molar-refractivity contribution in [2.24, 2.45) is 0 Å². The van der Waals surface area contributed by atoms with Gasteiger partial charge in [-0.1, -0.05) is 245 Å². The molecule has 0 aliphatic carbocycles. The van der Waals surface area contributed by atoms with Crippen LogP contribution < -0.4 is 32.8 Å². The summed E-state index contributed by atoms with van der Waals surface area (Å²) in [5.74, 6) is 0. The lowest BCUT2D eigenvalue weighted by Gasteiger charge is -2.25. The van der Waals surface area contributed by atoms with Gasteiger partial charge in [0.05, 0.1) is 0 Å². The van der Waals surface area contributed by atoms with Crippen molar-refractivity contribution >= 4 is 68.7 Å². The fraction of sp³-hybridized carbons (Fsp3) is 0.188. The number of hydrogen-bond acceptors (Lipinski definition) is 1. The summed E-state index contributed by atoms with van der Waals surface area (Å²) in [6.07, 6.45) is 0. The van der Waals surface area contributed by atoms with Gasteiger partial charge in [0, 0.05) is 15.2 Å². The van der Waals surface area contributed by atoms with Gasteiger partial charge in [-0.15, -0.1) is 0 Å². The predicted molar refractivity (Wildman–Crippen MR) is 296 cm³/mol. The second-order valence-electron chi connectivity index (χ2n) is 20.0. The van der Waals surface area contributed by atoms with Crippen LogP contribution in [0.2, 0.25) is 0 Å². The molecule has 3 heteroatoms. The molecule has 67 heavy (non-hydrogen) atoms. The van der Waals surface area contributed by atoms with E-state index in [1.807, 2.05) is 11.8 Å². The Hall–Kier alpha value is -6.28. The summed E-state index contributed by atoms with van der Waals surface area (Å²) in [5.41, 5.74) is 32.1. The van der Waals surface area contributed by atoms with Crippen LogP contribution in [0.25, 0.3) is 44.2 Å². The Morgan fingerprint density at radius 2 is 0.657 bits per heavy atom. The Labute approximate surface area is 405 Å². The first kappa shape index (κ1) is 44.6. The highest BCUT2D eigenvalue weighted by Crippen LogP contribution is 2.50. The Kier molecular flexibility index (Phi) is 11.6. The largest absolute Gasteiger partial charge is 0.242 e. The molecule has 0 amide bonds. The van der Waals surface area contributed by atoms with Crippen molar-refractivity contribution in [1.29, 1.82) is 0 Å². The first-order valence-electron chi connectivity index (χ1n) is 24.0. The Balaban J connectivity index is 0.995. The SMILES string of the molecule is Cc1cc(C)c(B(c2ccc(-c3ccc4c(c3)Sc3cccc5c(-c6ccc(B(c7c(C)cc(C)cc7C)c7c(C)cc(C)cc7C)cc6)ccc-4c35)cc2)c2c(C)cc(C)cc2C)c(C)c1. The van der Waals surface area contributed by atoms with Crippen LogP contribution in [0, 0.1) is 83.1 Å². The van der Waals surface area contributed by atoms with E-state index in [2.05, 4.69) is 229 Å². The molecule has 1 aliphatic rings. The van der Waals surface area contributed by atoms with Crippen molar-refractivity contribution in [2.75, 3.05) is 0 Å². The van der Waals surface area contributed by atoms with Crippen LogP contribution in [0.3, 0.4) is 0 Å². The van der Waals surface area contributed by atoms with Gasteiger partial charge in [0.15, 0.2) is 0 Å². The predicted octanol–water partition coefficient (Wildman–Crippen LogP) is 13.0. The number of fused-ring (bicyclic) bond motifs is 2. The first-order chi connectivity index (χ1) is 32.1. The average molecular weight is 883 g/mol. The minimum absolute atomic E-state index is 0.152. The Morgan fingerprint density at radius 1 is 0.299 bits per heavy atom. The van der Waals surface area contributed by atoms with E-state index in [1.54, 1.807) is 0 Å². The van der Waals surface area contributed by atoms with Crippen molar-refractivity contribution in [3.63, 3.8) is 0 Å². The van der Waals surface area contributed by atoms with Gasteiger partial charge >= 0.3 is 0 Å². The van der Waals surface area contributed by atoms with Gasteiger partial charge in [0.2, 0.25) is 13.4 Å². The van der Waals surface area contributed by atoms with Gasteiger partial charge < -0.3 is 0 Å². The maximum absolute atomic E-state index is 2.41. The number of benzene rings is 9. The summed E-state index contributed by atoms with van der Waals surface area (Å²) in [6, 6.07) is 56.4. The van der Waals surface area contributed by atoms with Crippen LogP contribution in [0.4, 0.5) is 0 Å². The summed E-state index contributed by atoms with van der Waals surface area (Å²) in [5, 5.41) is 2.66. The highest BCUT2D eigenvalue weighted by atomic mass is 32.2. The third-order valence-corrected chi connectivity index (χ3v) is 15.9. The van der Waals surface area contributed by atoms with E-state index in [1.165, 1.54) is 153 Å². The van der Waals surface area contributed by atoms with Crippen LogP contribution >= 0.6 is 11.8 Å². The van der Waals surface area contributed by atoms with E-state index in [9.17, 15) is 0 Å². The maximum atomic E-state index is 2.41. The lowest BCUT2D eigenvalue weighted by molar-refractivity contribution is 1.34. The zero-order chi connectivity index (χ0) is 47.0. The quantitative estimate of drug-likeness (QED) is 0.137. The van der Waals surface area contributed by atoms with Crippen molar-refractivity contribution < 1.29 is 0 Å². The van der Waals surface area contributed by atoms with E-state index in [-0.39, 0.29) is 13.4 Å². The molecule has 9 aromatic carbocycles. The van der Waals surface area contributed by atoms with Crippen LogP contribution in [0.5, 0.6) is 0 Å². The molecule has 0 N–H and O–H groups in total. The Morgan fingerprint density at radius 3 is 1.07 bits per heavy atom. The second kappa shape index (κ2) is 17.4. The van der Waals surface area contributed by atoms with Crippen molar-refractivity contribution in [3.05, 3.63) is 212 Å². The monoisotopic (exact) mass is 882 g/mol. The summed E-state index contributed by atoms with van der Waals surface area (Å²) in [4.78, 5) is 2.62. The summed E-state index contributed by atoms with van der Waals surface area (Å²) >= 11 is 1.91. The standard InChI is InChI=1S/C64H60B2S/c1-37-28-41(5)61(42(6)29-37)65(62-43(7)30-38(2)31-44(62)8)52-21-16-49(17-22-52)51-20-25-55-57-27-26-54(56-14-13-15-58(60(56)57)67-59(55)36-51)50-18-23-53(24-19-50)66(63-45(9)32-39(3)33-46(63)10)64-47(11)34-40(4)35-48(64)12/h13-36H,1-12H3. The average Bonchev–Trinajstić information content (AvgIpc) is 3.27. The number of aryl methyl sites for hydroxylation is 12. The maximum Gasteiger partial charge on any atom is 0.242 e. The fourth-order valence-corrected chi connectivity index (χ4v) is 13.5. The van der Waals surface area contributed by atoms with Gasteiger partial charge in [0.1, 0.15) is 0 Å². The smallest absolute Gasteiger partial charge is 0.0888 e. The molecule has 0 saturated carbocycles. The molecule has 9 aromatic rings. The van der Waals surface area contributed by atoms with Gasteiger partial charge in [0.25, 0.3) is 0 Å². The van der Waals surface area contributed by atoms with E-state index in [0.29, 0.717) is 0 Å². The van der Waals surface area contributed by atoms with E-state index >= 15 is 0 Å². The van der Waals surface area contributed by atoms with Gasteiger partial charge in [-0.2, -0.15) is 0 Å². The third-order valence-electron chi connectivity index (χ3n) is 14.7. The van der Waals surface area contributed by atoms with Crippen LogP contribution in [-0.2, 0) is 0 Å². The molecule has 0 fully saturated rings. The minimum atomic E-state index is 0.152. The summed E-state index contributed by atoms with van der Waals surface area (Å²) < 4.78 is 0. The van der Waals surface area contributed by atoms with Crippen molar-refractivity contribution in [1.82, 2.24) is 0 Å². The fourth-order valence-electron chi connectivity index (χ4n) is 12.3. The molecule has 0 unspecified atom stereocenters. The summed E-state index contributed by atoms with van der Waals surface area (Å²) in [7, 11) is 0. The van der Waals surface area contributed by atoms with Crippen molar-refractivity contribution in [2.45, 2.75) is 92.9 Å². The Bertz CT molecular complexity index is 3240. The van der Waals surface area contributed by atoms with E-state index in [4.69, 9.17) is 0 Å². The molecule has 0 radical (unpaired) electrons. The highest BCUT2D eigenvalue weighted by Gasteiger charge is 2.30. The molecule has 0 atom stereocenters. The molecule has 328 valence electrons. The molecule has 0 nitrogen and oxygen atoms in total. The highest BCUT2D eigenvalue weighted by molar-refractivity contribution is 7.99. The van der Waals surface area contributed by atoms with Gasteiger partial charge in [-0.25, -0.2) is 0 Å². The lowest BCUT2D eigenvalue weighted by Crippen LogP contribution is -2.55. The third kappa shape index (κ3) is 8.00. The zero-order valence-corrected chi connectivity index (χ0v) is 42.2. The molecular weight excluding hydrogens is 822 g/mol. The molecule has 0 spiro atoms. The van der Waals surface area contributed by atoms with Gasteiger partial charge in [-0.05, 0) is 134 Å². The van der Waals surface area contributed by atoms with E-state index < -0.39 is 0 Å². The van der Waals surface area contributed by atoms with Crippen LogP contribution in [0.1, 0.15) is 66.8 Å². The van der Waals surface area contributed by atoms with Crippen molar-refractivity contribution in [3.8, 4) is 33.4 Å². The summed E-state index contributed by atoms with van der Waals surface area (Å²) in [6.45, 7) is 27.4. The molecule has 0 saturated heterocycles. The normalized spacial score (nSPS) is 11.8. The van der Waals surface area contributed by atoms with Crippen LogP contribution in [-0.4, -0.2) is 13.4 Å². The second-order valence-corrected chi connectivity index (χ2v) is 21.1. The lowest BCUT2D eigenvalue weighted by atomic mass is 9.34. The molecule has 0 aromatic heterocycles. The first-order valence-corrected chi connectivity index (χ1v) is 24.9. The number of hydrogen-bond donors (Lipinski definition) is 0. The molecule has 1 aliphatic heterocycles. The minimum Gasteiger partial charge on any atom is -0.0888 e. The molecule has 0 bridgehead atoms. The zero-order valence-electron chi connectivity index (χ0n) is 41.4. The van der Waals surface area contributed by atoms with Crippen LogP contribution in [0.15, 0.2) is 155 Å². The van der Waals surface area contributed by atoms with Gasteiger partial charge in [-0.3, -0.25) is 0 Å². The molecular formula is C64H60B2S. The topological polar surface area (TPSA) is 0 Å². The van der Waals surface area contributed by atoms with E-state index in [0.717, 1.165) is 0 Å². The molecule has 1 heterocycles.